The number of aryl methyl sites for hydroxylation is 1. The molecule has 3 aromatic carbocycles. The van der Waals surface area contributed by atoms with Gasteiger partial charge in [0.05, 0.1) is 29.9 Å². The average Bonchev–Trinajstić information content (AvgIpc) is 2.92. The molecule has 0 aliphatic heterocycles. The van der Waals surface area contributed by atoms with Crippen LogP contribution in [0, 0.1) is 6.92 Å². The van der Waals surface area contributed by atoms with Crippen molar-refractivity contribution < 1.29 is 23.9 Å². The lowest BCUT2D eigenvalue weighted by molar-refractivity contribution is -0.118. The standard InChI is InChI=1S/C29H30ClN3O5/c1-4-5-10-27(34)33(17-18-38-23-14-11-21(12-15-23)28(35)37-3)22-13-16-26(24(30)19-22)32-29(36)31-25-9-7-6-8-20(25)2/h4,6-9,11-16,19H,1,5,10,17-18H2,2-3H3,(H2,31,32,36). The van der Waals surface area contributed by atoms with Gasteiger partial charge in [0.25, 0.3) is 0 Å². The summed E-state index contributed by atoms with van der Waals surface area (Å²) in [6, 6.07) is 18.5. The lowest BCUT2D eigenvalue weighted by atomic mass is 10.2. The molecule has 0 aliphatic carbocycles. The predicted molar refractivity (Wildman–Crippen MR) is 150 cm³/mol. The van der Waals surface area contributed by atoms with Crippen LogP contribution in [0.25, 0.3) is 0 Å². The highest BCUT2D eigenvalue weighted by Gasteiger charge is 2.17. The molecule has 2 N–H and O–H groups in total. The Morgan fingerprint density at radius 1 is 1.00 bits per heavy atom. The summed E-state index contributed by atoms with van der Waals surface area (Å²) in [5.74, 6) is -0.00461. The molecule has 0 heterocycles. The first-order chi connectivity index (χ1) is 18.3. The molecule has 0 unspecified atom stereocenters. The largest absolute Gasteiger partial charge is 0.492 e. The molecule has 8 nitrogen and oxygen atoms in total. The Labute approximate surface area is 227 Å². The molecule has 3 rings (SSSR count). The van der Waals surface area contributed by atoms with Crippen molar-refractivity contribution in [2.75, 3.05) is 35.8 Å². The van der Waals surface area contributed by atoms with Crippen molar-refractivity contribution in [2.24, 2.45) is 0 Å². The number of benzene rings is 3. The summed E-state index contributed by atoms with van der Waals surface area (Å²) in [5.41, 5.74) is 3.01. The number of urea groups is 1. The molecule has 0 saturated carbocycles. The monoisotopic (exact) mass is 535 g/mol. The summed E-state index contributed by atoms with van der Waals surface area (Å²) >= 11 is 6.48. The fraction of sp³-hybridized carbons (Fsp3) is 0.207. The maximum absolute atomic E-state index is 13.0. The summed E-state index contributed by atoms with van der Waals surface area (Å²) in [6.45, 7) is 6.04. The number of halogens is 1. The summed E-state index contributed by atoms with van der Waals surface area (Å²) in [5, 5.41) is 5.82. The predicted octanol–water partition coefficient (Wildman–Crippen LogP) is 6.46. The Kier molecular flexibility index (Phi) is 10.3. The Balaban J connectivity index is 1.68. The van der Waals surface area contributed by atoms with Crippen molar-refractivity contribution >= 4 is 46.6 Å². The smallest absolute Gasteiger partial charge is 0.337 e. The van der Waals surface area contributed by atoms with E-state index in [1.165, 1.54) is 7.11 Å². The van der Waals surface area contributed by atoms with E-state index in [1.54, 1.807) is 53.4 Å². The number of para-hydroxylation sites is 1. The minimum atomic E-state index is -0.432. The third kappa shape index (κ3) is 7.85. The van der Waals surface area contributed by atoms with Crippen LogP contribution < -0.4 is 20.3 Å². The molecular weight excluding hydrogens is 506 g/mol. The zero-order valence-electron chi connectivity index (χ0n) is 21.3. The fourth-order valence-corrected chi connectivity index (χ4v) is 3.80. The molecule has 9 heteroatoms. The van der Waals surface area contributed by atoms with Crippen LogP contribution in [0.5, 0.6) is 5.75 Å². The van der Waals surface area contributed by atoms with E-state index in [4.69, 9.17) is 21.1 Å². The number of hydrogen-bond acceptors (Lipinski definition) is 5. The fourth-order valence-electron chi connectivity index (χ4n) is 3.58. The van der Waals surface area contributed by atoms with Gasteiger partial charge in [0.2, 0.25) is 5.91 Å². The first-order valence-electron chi connectivity index (χ1n) is 12.0. The molecule has 0 atom stereocenters. The van der Waals surface area contributed by atoms with E-state index in [9.17, 15) is 14.4 Å². The molecule has 0 saturated heterocycles. The van der Waals surface area contributed by atoms with Gasteiger partial charge in [-0.15, -0.1) is 6.58 Å². The first-order valence-corrected chi connectivity index (χ1v) is 12.4. The number of nitrogens with one attached hydrogen (secondary N) is 2. The minimum Gasteiger partial charge on any atom is -0.492 e. The van der Waals surface area contributed by atoms with Gasteiger partial charge in [-0.1, -0.05) is 35.9 Å². The zero-order valence-corrected chi connectivity index (χ0v) is 22.1. The molecule has 0 radical (unpaired) electrons. The quantitative estimate of drug-likeness (QED) is 0.217. The number of nitrogens with zero attached hydrogens (tertiary/aromatic N) is 1. The number of anilines is 3. The van der Waals surface area contributed by atoms with Gasteiger partial charge < -0.3 is 25.0 Å². The van der Waals surface area contributed by atoms with E-state index < -0.39 is 12.0 Å². The van der Waals surface area contributed by atoms with Crippen molar-refractivity contribution in [3.05, 3.63) is 95.5 Å². The number of hydrogen-bond donors (Lipinski definition) is 2. The van der Waals surface area contributed by atoms with Crippen molar-refractivity contribution in [1.29, 1.82) is 0 Å². The van der Waals surface area contributed by atoms with Gasteiger partial charge in [-0.05, 0) is 67.4 Å². The molecule has 198 valence electrons. The molecule has 0 aromatic heterocycles. The van der Waals surface area contributed by atoms with Gasteiger partial charge in [0, 0.05) is 17.8 Å². The molecule has 3 amide bonds. The topological polar surface area (TPSA) is 97.0 Å². The zero-order chi connectivity index (χ0) is 27.5. The second-order valence-electron chi connectivity index (χ2n) is 8.30. The second-order valence-corrected chi connectivity index (χ2v) is 8.70. The van der Waals surface area contributed by atoms with Crippen LogP contribution in [0.15, 0.2) is 79.4 Å². The number of rotatable bonds is 11. The van der Waals surface area contributed by atoms with E-state index in [2.05, 4.69) is 17.2 Å². The van der Waals surface area contributed by atoms with Crippen molar-refractivity contribution in [1.82, 2.24) is 0 Å². The number of amides is 3. The highest BCUT2D eigenvalue weighted by Crippen LogP contribution is 2.29. The molecule has 0 fully saturated rings. The van der Waals surface area contributed by atoms with Crippen LogP contribution in [0.3, 0.4) is 0 Å². The number of esters is 1. The summed E-state index contributed by atoms with van der Waals surface area (Å²) in [4.78, 5) is 38.6. The Bertz CT molecular complexity index is 1290. The van der Waals surface area contributed by atoms with E-state index in [-0.39, 0.29) is 30.5 Å². The van der Waals surface area contributed by atoms with Crippen molar-refractivity contribution in [2.45, 2.75) is 19.8 Å². The molecular formula is C29H30ClN3O5. The van der Waals surface area contributed by atoms with Crippen LogP contribution >= 0.6 is 11.6 Å². The molecule has 0 spiro atoms. The Hall–Kier alpha value is -4.30. The third-order valence-corrected chi connectivity index (χ3v) is 5.94. The van der Waals surface area contributed by atoms with Gasteiger partial charge >= 0.3 is 12.0 Å². The van der Waals surface area contributed by atoms with Crippen LogP contribution in [0.1, 0.15) is 28.8 Å². The van der Waals surface area contributed by atoms with E-state index in [1.807, 2.05) is 31.2 Å². The molecule has 0 bridgehead atoms. The molecule has 0 aliphatic rings. The number of ether oxygens (including phenoxy) is 2. The van der Waals surface area contributed by atoms with Gasteiger partial charge in [0.15, 0.2) is 0 Å². The summed E-state index contributed by atoms with van der Waals surface area (Å²) in [7, 11) is 1.32. The van der Waals surface area contributed by atoms with Crippen LogP contribution in [0.4, 0.5) is 21.9 Å². The number of allylic oxidation sites excluding steroid dienone is 1. The van der Waals surface area contributed by atoms with Gasteiger partial charge in [0.1, 0.15) is 12.4 Å². The minimum absolute atomic E-state index is 0.122. The summed E-state index contributed by atoms with van der Waals surface area (Å²) < 4.78 is 10.5. The lowest BCUT2D eigenvalue weighted by Crippen LogP contribution is -2.34. The van der Waals surface area contributed by atoms with Crippen LogP contribution in [-0.4, -0.2) is 38.2 Å². The van der Waals surface area contributed by atoms with E-state index in [0.29, 0.717) is 34.8 Å². The Morgan fingerprint density at radius 2 is 1.71 bits per heavy atom. The molecule has 38 heavy (non-hydrogen) atoms. The SMILES string of the molecule is C=CCCC(=O)N(CCOc1ccc(C(=O)OC)cc1)c1ccc(NC(=O)Nc2ccccc2C)c(Cl)c1. The van der Waals surface area contributed by atoms with Gasteiger partial charge in [-0.3, -0.25) is 4.79 Å². The van der Waals surface area contributed by atoms with Crippen molar-refractivity contribution in [3.8, 4) is 5.75 Å². The normalized spacial score (nSPS) is 10.3. The van der Waals surface area contributed by atoms with Crippen LogP contribution in [-0.2, 0) is 9.53 Å². The maximum atomic E-state index is 13.0. The lowest BCUT2D eigenvalue weighted by Gasteiger charge is -2.24. The van der Waals surface area contributed by atoms with E-state index >= 15 is 0 Å². The second kappa shape index (κ2) is 13.9. The first kappa shape index (κ1) is 28.3. The average molecular weight is 536 g/mol. The van der Waals surface area contributed by atoms with E-state index in [0.717, 1.165) is 5.56 Å². The highest BCUT2D eigenvalue weighted by molar-refractivity contribution is 6.34. The molecule has 3 aromatic rings. The third-order valence-electron chi connectivity index (χ3n) is 5.63. The Morgan fingerprint density at radius 3 is 2.37 bits per heavy atom. The van der Waals surface area contributed by atoms with Crippen LogP contribution in [0.2, 0.25) is 5.02 Å². The van der Waals surface area contributed by atoms with Gasteiger partial charge in [-0.2, -0.15) is 0 Å². The maximum Gasteiger partial charge on any atom is 0.337 e. The number of carbonyl (C=O) groups is 3. The van der Waals surface area contributed by atoms with Crippen molar-refractivity contribution in [3.63, 3.8) is 0 Å². The number of carbonyl (C=O) groups excluding carboxylic acids is 3. The number of methoxy groups -OCH3 is 1. The highest BCUT2D eigenvalue weighted by atomic mass is 35.5. The summed E-state index contributed by atoms with van der Waals surface area (Å²) in [6.07, 6.45) is 2.48. The van der Waals surface area contributed by atoms with Gasteiger partial charge in [-0.25, -0.2) is 9.59 Å².